The predicted molar refractivity (Wildman–Crippen MR) is 77.6 cm³/mol. The zero-order chi connectivity index (χ0) is 16.1. The maximum absolute atomic E-state index is 11.9. The number of nitrogens with one attached hydrogen (secondary N) is 1. The van der Waals surface area contributed by atoms with Gasteiger partial charge in [-0.15, -0.1) is 0 Å². The Morgan fingerprint density at radius 2 is 2.23 bits per heavy atom. The van der Waals surface area contributed by atoms with E-state index in [1.165, 1.54) is 18.3 Å². The second-order valence-electron chi connectivity index (χ2n) is 4.67. The number of aromatic nitrogens is 3. The summed E-state index contributed by atoms with van der Waals surface area (Å²) in [5.41, 5.74) is 0. The van der Waals surface area contributed by atoms with E-state index in [2.05, 4.69) is 15.4 Å². The van der Waals surface area contributed by atoms with Crippen LogP contribution < -0.4 is 10.1 Å². The Kier molecular flexibility index (Phi) is 4.66. The maximum atomic E-state index is 11.9. The highest BCUT2D eigenvalue weighted by molar-refractivity contribution is 5.91. The normalized spacial score (nSPS) is 10.5. The van der Waals surface area contributed by atoms with Gasteiger partial charge in [0.1, 0.15) is 12.0 Å². The average molecular weight is 305 g/mol. The maximum Gasteiger partial charge on any atom is 0.406 e. The minimum atomic E-state index is -0.666. The van der Waals surface area contributed by atoms with Crippen LogP contribution in [0.1, 0.15) is 19.9 Å². The van der Waals surface area contributed by atoms with Crippen LogP contribution in [0.4, 0.5) is 11.6 Å². The summed E-state index contributed by atoms with van der Waals surface area (Å²) in [4.78, 5) is 25.6. The monoisotopic (exact) mass is 305 g/mol. The van der Waals surface area contributed by atoms with E-state index in [9.17, 15) is 14.9 Å². The third-order valence-corrected chi connectivity index (χ3v) is 2.71. The Bertz CT molecular complexity index is 683. The molecule has 0 aliphatic carbocycles. The van der Waals surface area contributed by atoms with Crippen LogP contribution in [0.2, 0.25) is 0 Å². The molecule has 0 bridgehead atoms. The van der Waals surface area contributed by atoms with Gasteiger partial charge in [-0.25, -0.2) is 4.68 Å². The van der Waals surface area contributed by atoms with E-state index in [4.69, 9.17) is 4.74 Å². The highest BCUT2D eigenvalue weighted by atomic mass is 16.6. The second-order valence-corrected chi connectivity index (χ2v) is 4.67. The molecule has 2 aromatic rings. The van der Waals surface area contributed by atoms with Crippen LogP contribution in [0.5, 0.6) is 5.75 Å². The van der Waals surface area contributed by atoms with Gasteiger partial charge in [-0.1, -0.05) is 0 Å². The van der Waals surface area contributed by atoms with E-state index >= 15 is 0 Å². The van der Waals surface area contributed by atoms with Crippen molar-refractivity contribution in [3.8, 4) is 5.75 Å². The van der Waals surface area contributed by atoms with Gasteiger partial charge >= 0.3 is 5.82 Å². The predicted octanol–water partition coefficient (Wildman–Crippen LogP) is 1.78. The van der Waals surface area contributed by atoms with Crippen molar-refractivity contribution in [2.45, 2.75) is 19.9 Å². The molecule has 9 heteroatoms. The van der Waals surface area contributed by atoms with Crippen LogP contribution in [0.3, 0.4) is 0 Å². The molecule has 22 heavy (non-hydrogen) atoms. The number of amides is 1. The molecular formula is C13H15N5O4. The summed E-state index contributed by atoms with van der Waals surface area (Å²) in [5, 5.41) is 17.5. The summed E-state index contributed by atoms with van der Waals surface area (Å²) >= 11 is 0. The highest BCUT2D eigenvalue weighted by Crippen LogP contribution is 2.22. The number of hydrogen-bond acceptors (Lipinski definition) is 6. The summed E-state index contributed by atoms with van der Waals surface area (Å²) in [6.07, 6.45) is 2.86. The van der Waals surface area contributed by atoms with Crippen molar-refractivity contribution < 1.29 is 14.5 Å². The van der Waals surface area contributed by atoms with Gasteiger partial charge in [0.2, 0.25) is 5.75 Å². The van der Waals surface area contributed by atoms with Crippen LogP contribution in [-0.2, 0) is 4.79 Å². The summed E-state index contributed by atoms with van der Waals surface area (Å²) in [5.74, 6) is -0.396. The van der Waals surface area contributed by atoms with Crippen LogP contribution >= 0.6 is 0 Å². The fourth-order valence-electron chi connectivity index (χ4n) is 1.78. The Hall–Kier alpha value is -2.97. The molecular weight excluding hydrogens is 290 g/mol. The van der Waals surface area contributed by atoms with Crippen molar-refractivity contribution in [3.05, 3.63) is 40.7 Å². The molecule has 0 saturated heterocycles. The Morgan fingerprint density at radius 3 is 2.91 bits per heavy atom. The number of hydrogen-bond donors (Lipinski definition) is 1. The number of nitro groups is 1. The molecule has 0 fully saturated rings. The molecule has 0 aliphatic heterocycles. The molecule has 2 aromatic heterocycles. The summed E-state index contributed by atoms with van der Waals surface area (Å²) in [6, 6.07) is 4.63. The van der Waals surface area contributed by atoms with Gasteiger partial charge in [-0.2, -0.15) is 5.10 Å². The summed E-state index contributed by atoms with van der Waals surface area (Å²) in [6.45, 7) is 3.49. The van der Waals surface area contributed by atoms with Gasteiger partial charge in [-0.05, 0) is 35.9 Å². The van der Waals surface area contributed by atoms with Crippen molar-refractivity contribution in [2.75, 3.05) is 11.9 Å². The van der Waals surface area contributed by atoms with E-state index in [-0.39, 0.29) is 18.4 Å². The average Bonchev–Trinajstić information content (AvgIpc) is 2.93. The number of rotatable bonds is 6. The molecule has 0 radical (unpaired) electrons. The topological polar surface area (TPSA) is 112 Å². The molecule has 2 rings (SSSR count). The molecule has 116 valence electrons. The smallest absolute Gasteiger partial charge is 0.406 e. The molecule has 9 nitrogen and oxygen atoms in total. The summed E-state index contributed by atoms with van der Waals surface area (Å²) < 4.78 is 6.81. The molecule has 1 amide bonds. The number of carbonyl (C=O) groups is 1. The first-order valence-corrected chi connectivity index (χ1v) is 6.54. The van der Waals surface area contributed by atoms with Gasteiger partial charge in [0.05, 0.1) is 6.20 Å². The molecule has 1 N–H and O–H groups in total. The molecule has 2 heterocycles. The van der Waals surface area contributed by atoms with E-state index in [0.717, 1.165) is 0 Å². The molecule has 0 aromatic carbocycles. The minimum Gasteiger partial charge on any atom is -0.476 e. The zero-order valence-electron chi connectivity index (χ0n) is 12.1. The molecule has 0 atom stereocenters. The van der Waals surface area contributed by atoms with Gasteiger partial charge in [0.15, 0.2) is 6.61 Å². The van der Waals surface area contributed by atoms with Gasteiger partial charge in [0.25, 0.3) is 5.91 Å². The van der Waals surface area contributed by atoms with Crippen molar-refractivity contribution >= 4 is 17.5 Å². The molecule has 0 unspecified atom stereocenters. The first-order valence-electron chi connectivity index (χ1n) is 6.54. The lowest BCUT2D eigenvalue weighted by Crippen LogP contribution is -2.22. The van der Waals surface area contributed by atoms with E-state index in [0.29, 0.717) is 5.82 Å². The molecule has 0 spiro atoms. The summed E-state index contributed by atoms with van der Waals surface area (Å²) in [7, 11) is 0. The van der Waals surface area contributed by atoms with E-state index in [1.807, 2.05) is 13.8 Å². The Balaban J connectivity index is 1.99. The molecule has 0 saturated carbocycles. The standard InChI is InChI=1S/C13H15N5O4/c1-9(2)17-11(5-7-15-17)16-12(19)8-22-10-4-3-6-14-13(10)18(20)21/h3-7,9H,8H2,1-2H3,(H,16,19). The Morgan fingerprint density at radius 1 is 1.45 bits per heavy atom. The first kappa shape index (κ1) is 15.4. The third kappa shape index (κ3) is 3.57. The third-order valence-electron chi connectivity index (χ3n) is 2.71. The number of ether oxygens (including phenoxy) is 1. The van der Waals surface area contributed by atoms with Gasteiger partial charge < -0.3 is 20.2 Å². The van der Waals surface area contributed by atoms with Crippen LogP contribution in [0.15, 0.2) is 30.6 Å². The fraction of sp³-hybridized carbons (Fsp3) is 0.308. The highest BCUT2D eigenvalue weighted by Gasteiger charge is 2.17. The van der Waals surface area contributed by atoms with Crippen LogP contribution in [0, 0.1) is 10.1 Å². The van der Waals surface area contributed by atoms with Gasteiger partial charge in [0, 0.05) is 12.1 Å². The lowest BCUT2D eigenvalue weighted by atomic mass is 10.4. The van der Waals surface area contributed by atoms with E-state index in [1.54, 1.807) is 16.9 Å². The lowest BCUT2D eigenvalue weighted by molar-refractivity contribution is -0.390. The molecule has 0 aliphatic rings. The number of nitrogens with zero attached hydrogens (tertiary/aromatic N) is 4. The minimum absolute atomic E-state index is 0.0555. The fourth-order valence-corrected chi connectivity index (χ4v) is 1.78. The SMILES string of the molecule is CC(C)n1nccc1NC(=O)COc1cccnc1[N+](=O)[O-]. The largest absolute Gasteiger partial charge is 0.476 e. The number of anilines is 1. The second kappa shape index (κ2) is 6.66. The van der Waals surface area contributed by atoms with E-state index < -0.39 is 16.6 Å². The zero-order valence-corrected chi connectivity index (χ0v) is 12.1. The van der Waals surface area contributed by atoms with Crippen molar-refractivity contribution in [2.24, 2.45) is 0 Å². The Labute approximate surface area is 126 Å². The number of pyridine rings is 1. The first-order chi connectivity index (χ1) is 10.5. The van der Waals surface area contributed by atoms with Crippen molar-refractivity contribution in [1.82, 2.24) is 14.8 Å². The van der Waals surface area contributed by atoms with Crippen molar-refractivity contribution in [3.63, 3.8) is 0 Å². The number of carbonyl (C=O) groups excluding carboxylic acids is 1. The lowest BCUT2D eigenvalue weighted by Gasteiger charge is -2.12. The van der Waals surface area contributed by atoms with Crippen LogP contribution in [0.25, 0.3) is 0 Å². The van der Waals surface area contributed by atoms with Gasteiger partial charge in [-0.3, -0.25) is 4.79 Å². The quantitative estimate of drug-likeness (QED) is 0.643. The van der Waals surface area contributed by atoms with Crippen molar-refractivity contribution in [1.29, 1.82) is 0 Å². The van der Waals surface area contributed by atoms with Crippen LogP contribution in [-0.4, -0.2) is 32.2 Å².